The van der Waals surface area contributed by atoms with Gasteiger partial charge in [0.25, 0.3) is 0 Å². The predicted molar refractivity (Wildman–Crippen MR) is 58.7 cm³/mol. The van der Waals surface area contributed by atoms with Crippen LogP contribution in [-0.2, 0) is 0 Å². The summed E-state index contributed by atoms with van der Waals surface area (Å²) < 4.78 is 27.0. The number of aryl methyl sites for hydroxylation is 1. The SMILES string of the molecule is Cc1ccc(-c2cc(N)ccn2)c(F)c1F. The molecule has 0 aliphatic rings. The average molecular weight is 220 g/mol. The molecular weight excluding hydrogens is 210 g/mol. The highest BCUT2D eigenvalue weighted by Crippen LogP contribution is 2.25. The van der Waals surface area contributed by atoms with Crippen molar-refractivity contribution in [1.82, 2.24) is 4.98 Å². The first kappa shape index (κ1) is 10.5. The monoisotopic (exact) mass is 220 g/mol. The van der Waals surface area contributed by atoms with Gasteiger partial charge in [0.2, 0.25) is 0 Å². The molecule has 0 saturated heterocycles. The minimum atomic E-state index is -0.891. The van der Waals surface area contributed by atoms with E-state index in [9.17, 15) is 8.78 Å². The van der Waals surface area contributed by atoms with Crippen molar-refractivity contribution in [3.63, 3.8) is 0 Å². The fraction of sp³-hybridized carbons (Fsp3) is 0.0833. The largest absolute Gasteiger partial charge is 0.399 e. The summed E-state index contributed by atoms with van der Waals surface area (Å²) in [4.78, 5) is 3.95. The molecule has 0 amide bonds. The molecular formula is C12H10F2N2. The lowest BCUT2D eigenvalue weighted by atomic mass is 10.1. The Morgan fingerprint density at radius 1 is 1.12 bits per heavy atom. The molecule has 1 aromatic carbocycles. The molecule has 4 heteroatoms. The zero-order valence-corrected chi connectivity index (χ0v) is 8.67. The second-order valence-electron chi connectivity index (χ2n) is 3.53. The number of halogens is 2. The van der Waals surface area contributed by atoms with Crippen LogP contribution in [0.4, 0.5) is 14.5 Å². The summed E-state index contributed by atoms with van der Waals surface area (Å²) >= 11 is 0. The van der Waals surface area contributed by atoms with Crippen molar-refractivity contribution in [2.45, 2.75) is 6.92 Å². The van der Waals surface area contributed by atoms with E-state index in [-0.39, 0.29) is 11.1 Å². The van der Waals surface area contributed by atoms with E-state index < -0.39 is 11.6 Å². The normalized spacial score (nSPS) is 10.4. The number of pyridine rings is 1. The predicted octanol–water partition coefficient (Wildman–Crippen LogP) is 2.92. The quantitative estimate of drug-likeness (QED) is 0.802. The number of hydrogen-bond acceptors (Lipinski definition) is 2. The van der Waals surface area contributed by atoms with E-state index in [1.54, 1.807) is 6.07 Å². The summed E-state index contributed by atoms with van der Waals surface area (Å²) in [5.41, 5.74) is 6.74. The molecule has 0 spiro atoms. The maximum absolute atomic E-state index is 13.6. The summed E-state index contributed by atoms with van der Waals surface area (Å²) in [7, 11) is 0. The highest BCUT2D eigenvalue weighted by Gasteiger charge is 2.13. The molecule has 2 nitrogen and oxygen atoms in total. The molecule has 2 aromatic rings. The third-order valence-corrected chi connectivity index (χ3v) is 2.34. The van der Waals surface area contributed by atoms with Crippen LogP contribution < -0.4 is 5.73 Å². The number of nitrogen functional groups attached to an aromatic ring is 1. The fourth-order valence-electron chi connectivity index (χ4n) is 1.44. The fourth-order valence-corrected chi connectivity index (χ4v) is 1.44. The van der Waals surface area contributed by atoms with Crippen molar-refractivity contribution in [2.75, 3.05) is 5.73 Å². The van der Waals surface area contributed by atoms with Gasteiger partial charge < -0.3 is 5.73 Å². The number of hydrogen-bond donors (Lipinski definition) is 1. The van der Waals surface area contributed by atoms with E-state index in [1.807, 2.05) is 0 Å². The van der Waals surface area contributed by atoms with E-state index in [2.05, 4.69) is 4.98 Å². The van der Waals surface area contributed by atoms with Crippen molar-refractivity contribution < 1.29 is 8.78 Å². The molecule has 0 unspecified atom stereocenters. The number of nitrogens with two attached hydrogens (primary N) is 1. The first-order valence-electron chi connectivity index (χ1n) is 4.76. The molecule has 0 saturated carbocycles. The van der Waals surface area contributed by atoms with Gasteiger partial charge in [0.05, 0.1) is 5.69 Å². The molecule has 0 aliphatic carbocycles. The molecule has 0 atom stereocenters. The van der Waals surface area contributed by atoms with Gasteiger partial charge in [-0.3, -0.25) is 4.98 Å². The molecule has 16 heavy (non-hydrogen) atoms. The second kappa shape index (κ2) is 3.89. The van der Waals surface area contributed by atoms with Crippen LogP contribution >= 0.6 is 0 Å². The van der Waals surface area contributed by atoms with E-state index in [0.29, 0.717) is 11.4 Å². The Morgan fingerprint density at radius 2 is 1.88 bits per heavy atom. The molecule has 0 fully saturated rings. The average Bonchev–Trinajstić information content (AvgIpc) is 2.26. The van der Waals surface area contributed by atoms with Gasteiger partial charge in [-0.2, -0.15) is 0 Å². The van der Waals surface area contributed by atoms with E-state index in [0.717, 1.165) is 0 Å². The first-order valence-corrected chi connectivity index (χ1v) is 4.76. The highest BCUT2D eigenvalue weighted by molar-refractivity contribution is 5.64. The van der Waals surface area contributed by atoms with Crippen molar-refractivity contribution in [3.8, 4) is 11.3 Å². The number of benzene rings is 1. The van der Waals surface area contributed by atoms with E-state index in [4.69, 9.17) is 5.73 Å². The van der Waals surface area contributed by atoms with Crippen LogP contribution in [0.25, 0.3) is 11.3 Å². The third kappa shape index (κ3) is 1.74. The maximum atomic E-state index is 13.6. The smallest absolute Gasteiger partial charge is 0.168 e. The summed E-state index contributed by atoms with van der Waals surface area (Å²) in [6.07, 6.45) is 1.46. The molecule has 2 N–H and O–H groups in total. The van der Waals surface area contributed by atoms with Crippen molar-refractivity contribution in [3.05, 3.63) is 47.7 Å². The van der Waals surface area contributed by atoms with Gasteiger partial charge in [-0.25, -0.2) is 8.78 Å². The minimum absolute atomic E-state index is 0.121. The lowest BCUT2D eigenvalue weighted by Gasteiger charge is -2.05. The van der Waals surface area contributed by atoms with Crippen LogP contribution in [0.3, 0.4) is 0 Å². The second-order valence-corrected chi connectivity index (χ2v) is 3.53. The lowest BCUT2D eigenvalue weighted by Crippen LogP contribution is -1.95. The topological polar surface area (TPSA) is 38.9 Å². The zero-order chi connectivity index (χ0) is 11.7. The molecule has 0 bridgehead atoms. The zero-order valence-electron chi connectivity index (χ0n) is 8.67. The van der Waals surface area contributed by atoms with Crippen molar-refractivity contribution in [1.29, 1.82) is 0 Å². The van der Waals surface area contributed by atoms with Crippen LogP contribution in [0.15, 0.2) is 30.5 Å². The van der Waals surface area contributed by atoms with Crippen LogP contribution in [-0.4, -0.2) is 4.98 Å². The Morgan fingerprint density at radius 3 is 2.56 bits per heavy atom. The standard InChI is InChI=1S/C12H10F2N2/c1-7-2-3-9(12(14)11(7)13)10-6-8(15)4-5-16-10/h2-6H,1H3,(H2,15,16). The van der Waals surface area contributed by atoms with Gasteiger partial charge in [-0.1, -0.05) is 6.07 Å². The minimum Gasteiger partial charge on any atom is -0.399 e. The summed E-state index contributed by atoms with van der Waals surface area (Å²) in [5.74, 6) is -1.74. The van der Waals surface area contributed by atoms with Crippen LogP contribution in [0.1, 0.15) is 5.56 Å². The number of anilines is 1. The van der Waals surface area contributed by atoms with Gasteiger partial charge in [0, 0.05) is 17.4 Å². The Balaban J connectivity index is 2.61. The van der Waals surface area contributed by atoms with Crippen molar-refractivity contribution >= 4 is 5.69 Å². The first-order chi connectivity index (χ1) is 7.59. The van der Waals surface area contributed by atoms with Gasteiger partial charge in [-0.05, 0) is 30.7 Å². The third-order valence-electron chi connectivity index (χ3n) is 2.34. The Bertz CT molecular complexity index is 539. The summed E-state index contributed by atoms with van der Waals surface area (Å²) in [5, 5.41) is 0. The van der Waals surface area contributed by atoms with E-state index >= 15 is 0 Å². The Hall–Kier alpha value is -1.97. The Kier molecular flexibility index (Phi) is 2.56. The molecule has 1 heterocycles. The lowest BCUT2D eigenvalue weighted by molar-refractivity contribution is 0.505. The molecule has 2 rings (SSSR count). The van der Waals surface area contributed by atoms with Gasteiger partial charge in [0.15, 0.2) is 11.6 Å². The number of aromatic nitrogens is 1. The maximum Gasteiger partial charge on any atom is 0.168 e. The summed E-state index contributed by atoms with van der Waals surface area (Å²) in [6, 6.07) is 6.10. The van der Waals surface area contributed by atoms with Crippen LogP contribution in [0, 0.1) is 18.6 Å². The summed E-state index contributed by atoms with van der Waals surface area (Å²) in [6.45, 7) is 1.51. The molecule has 1 aromatic heterocycles. The van der Waals surface area contributed by atoms with Gasteiger partial charge in [-0.15, -0.1) is 0 Å². The molecule has 82 valence electrons. The van der Waals surface area contributed by atoms with E-state index in [1.165, 1.54) is 31.3 Å². The number of nitrogens with zero attached hydrogens (tertiary/aromatic N) is 1. The van der Waals surface area contributed by atoms with Crippen LogP contribution in [0.5, 0.6) is 0 Å². The van der Waals surface area contributed by atoms with Crippen molar-refractivity contribution in [2.24, 2.45) is 0 Å². The molecule has 0 radical (unpaired) electrons. The molecule has 0 aliphatic heterocycles. The van der Waals surface area contributed by atoms with Gasteiger partial charge in [0.1, 0.15) is 0 Å². The Labute approximate surface area is 91.7 Å². The highest BCUT2D eigenvalue weighted by atomic mass is 19.2. The number of rotatable bonds is 1. The van der Waals surface area contributed by atoms with Crippen LogP contribution in [0.2, 0.25) is 0 Å². The van der Waals surface area contributed by atoms with Gasteiger partial charge >= 0.3 is 0 Å².